The summed E-state index contributed by atoms with van der Waals surface area (Å²) in [5, 5.41) is 12.1. The van der Waals surface area contributed by atoms with Gasteiger partial charge in [0.05, 0.1) is 29.2 Å². The third kappa shape index (κ3) is 3.93. The Bertz CT molecular complexity index is 1330. The van der Waals surface area contributed by atoms with E-state index >= 15 is 0 Å². The van der Waals surface area contributed by atoms with Gasteiger partial charge >= 0.3 is 6.18 Å². The largest absolute Gasteiger partial charge is 0.417 e. The molecule has 2 aromatic heterocycles. The second kappa shape index (κ2) is 8.40. The van der Waals surface area contributed by atoms with Gasteiger partial charge in [-0.15, -0.1) is 0 Å². The van der Waals surface area contributed by atoms with Crippen molar-refractivity contribution >= 4 is 5.91 Å². The maximum absolute atomic E-state index is 13.6. The van der Waals surface area contributed by atoms with Crippen LogP contribution in [0.5, 0.6) is 0 Å². The van der Waals surface area contributed by atoms with Crippen LogP contribution in [0, 0.1) is 6.92 Å². The standard InChI is InChI=1S/C23H19F3N6O2/c1-14-8-9-18(32-27-10-11-28-32)16(13-14)22(33)31-12-4-7-19(31)21-29-20(30-34-21)15-5-2-3-6-17(15)23(24,25)26/h2-3,5-6,8-11,13,19H,4,7,12H2,1H3/t19-/m0/s1. The van der Waals surface area contributed by atoms with E-state index in [0.717, 1.165) is 11.6 Å². The summed E-state index contributed by atoms with van der Waals surface area (Å²) in [6.07, 6.45) is -0.282. The topological polar surface area (TPSA) is 89.9 Å². The first-order valence-corrected chi connectivity index (χ1v) is 10.6. The lowest BCUT2D eigenvalue weighted by atomic mass is 10.1. The van der Waals surface area contributed by atoms with Crippen molar-refractivity contribution in [3.05, 3.63) is 77.4 Å². The third-order valence-corrected chi connectivity index (χ3v) is 5.73. The number of hydrogen-bond donors (Lipinski definition) is 0. The van der Waals surface area contributed by atoms with Crippen molar-refractivity contribution in [2.24, 2.45) is 0 Å². The summed E-state index contributed by atoms with van der Waals surface area (Å²) in [4.78, 5) is 20.8. The first-order valence-electron chi connectivity index (χ1n) is 10.6. The normalized spacial score (nSPS) is 16.2. The molecule has 34 heavy (non-hydrogen) atoms. The number of nitrogens with zero attached hydrogens (tertiary/aromatic N) is 6. The van der Waals surface area contributed by atoms with E-state index in [2.05, 4.69) is 20.3 Å². The molecule has 11 heteroatoms. The van der Waals surface area contributed by atoms with E-state index in [1.54, 1.807) is 17.0 Å². The fourth-order valence-corrected chi connectivity index (χ4v) is 4.16. The number of halogens is 3. The minimum Gasteiger partial charge on any atom is -0.337 e. The van der Waals surface area contributed by atoms with Crippen molar-refractivity contribution < 1.29 is 22.5 Å². The molecule has 1 atom stereocenters. The zero-order valence-corrected chi connectivity index (χ0v) is 18.0. The summed E-state index contributed by atoms with van der Waals surface area (Å²) >= 11 is 0. The number of aromatic nitrogens is 5. The van der Waals surface area contributed by atoms with E-state index in [-0.39, 0.29) is 23.2 Å². The molecule has 0 spiro atoms. The Labute approximate surface area is 192 Å². The summed E-state index contributed by atoms with van der Waals surface area (Å²) in [5.74, 6) is -0.336. The van der Waals surface area contributed by atoms with E-state index in [4.69, 9.17) is 4.52 Å². The number of alkyl halides is 3. The molecule has 3 heterocycles. The summed E-state index contributed by atoms with van der Waals surface area (Å²) in [5.41, 5.74) is 0.796. The van der Waals surface area contributed by atoms with Gasteiger partial charge in [-0.3, -0.25) is 4.79 Å². The number of amides is 1. The van der Waals surface area contributed by atoms with Crippen molar-refractivity contribution in [1.29, 1.82) is 0 Å². The Kier molecular flexibility index (Phi) is 5.39. The Morgan fingerprint density at radius 2 is 1.88 bits per heavy atom. The summed E-state index contributed by atoms with van der Waals surface area (Å²) in [6, 6.07) is 9.89. The highest BCUT2D eigenvalue weighted by Crippen LogP contribution is 2.38. The van der Waals surface area contributed by atoms with Gasteiger partial charge in [-0.1, -0.05) is 35.0 Å². The molecule has 0 unspecified atom stereocenters. The fourth-order valence-electron chi connectivity index (χ4n) is 4.16. The van der Waals surface area contributed by atoms with Crippen LogP contribution in [-0.4, -0.2) is 42.5 Å². The predicted octanol–water partition coefficient (Wildman–Crippen LogP) is 4.62. The van der Waals surface area contributed by atoms with Gasteiger partial charge in [-0.2, -0.15) is 33.1 Å². The number of carbonyl (C=O) groups excluding carboxylic acids is 1. The minimum atomic E-state index is -4.56. The molecule has 4 aromatic rings. The Hall–Kier alpha value is -4.02. The number of benzene rings is 2. The highest BCUT2D eigenvalue weighted by Gasteiger charge is 2.38. The van der Waals surface area contributed by atoms with Crippen LogP contribution >= 0.6 is 0 Å². The molecule has 1 fully saturated rings. The van der Waals surface area contributed by atoms with Crippen LogP contribution in [0.15, 0.2) is 59.4 Å². The zero-order chi connectivity index (χ0) is 23.9. The van der Waals surface area contributed by atoms with E-state index in [1.165, 1.54) is 35.4 Å². The number of rotatable bonds is 4. The predicted molar refractivity (Wildman–Crippen MR) is 114 cm³/mol. The molecule has 0 bridgehead atoms. The number of carbonyl (C=O) groups is 1. The minimum absolute atomic E-state index is 0.101. The zero-order valence-electron chi connectivity index (χ0n) is 18.0. The lowest BCUT2D eigenvalue weighted by molar-refractivity contribution is -0.137. The molecule has 0 N–H and O–H groups in total. The molecule has 1 aliphatic heterocycles. The van der Waals surface area contributed by atoms with Crippen LogP contribution in [0.1, 0.15) is 46.3 Å². The third-order valence-electron chi connectivity index (χ3n) is 5.73. The second-order valence-electron chi connectivity index (χ2n) is 8.00. The average molecular weight is 468 g/mol. The van der Waals surface area contributed by atoms with Gasteiger partial charge < -0.3 is 9.42 Å². The molecule has 8 nitrogen and oxygen atoms in total. The number of aryl methyl sites for hydroxylation is 1. The van der Waals surface area contributed by atoms with Gasteiger partial charge in [0.1, 0.15) is 6.04 Å². The molecule has 174 valence electrons. The van der Waals surface area contributed by atoms with Gasteiger partial charge in [0.15, 0.2) is 0 Å². The molecule has 1 saturated heterocycles. The number of hydrogen-bond acceptors (Lipinski definition) is 6. The van der Waals surface area contributed by atoms with Gasteiger partial charge in [-0.05, 0) is 38.0 Å². The first-order chi connectivity index (χ1) is 16.3. The Morgan fingerprint density at radius 1 is 1.12 bits per heavy atom. The van der Waals surface area contributed by atoms with E-state index in [0.29, 0.717) is 30.6 Å². The molecule has 0 saturated carbocycles. The summed E-state index contributed by atoms with van der Waals surface area (Å²) in [7, 11) is 0. The smallest absolute Gasteiger partial charge is 0.337 e. The quantitative estimate of drug-likeness (QED) is 0.434. The Balaban J connectivity index is 1.48. The molecule has 0 radical (unpaired) electrons. The Morgan fingerprint density at radius 3 is 2.65 bits per heavy atom. The maximum Gasteiger partial charge on any atom is 0.417 e. The monoisotopic (exact) mass is 468 g/mol. The lowest BCUT2D eigenvalue weighted by Gasteiger charge is -2.23. The molecule has 0 aliphatic carbocycles. The molecule has 1 aliphatic rings. The maximum atomic E-state index is 13.6. The van der Waals surface area contributed by atoms with Crippen molar-refractivity contribution in [3.63, 3.8) is 0 Å². The van der Waals surface area contributed by atoms with Gasteiger partial charge in [-0.25, -0.2) is 0 Å². The summed E-state index contributed by atoms with van der Waals surface area (Å²) in [6.45, 7) is 2.32. The highest BCUT2D eigenvalue weighted by atomic mass is 19.4. The highest BCUT2D eigenvalue weighted by molar-refractivity contribution is 5.98. The number of likely N-dealkylation sites (tertiary alicyclic amines) is 1. The first kappa shape index (κ1) is 21.8. The van der Waals surface area contributed by atoms with Crippen LogP contribution < -0.4 is 0 Å². The molecular weight excluding hydrogens is 449 g/mol. The molecular formula is C23H19F3N6O2. The van der Waals surface area contributed by atoms with Gasteiger partial charge in [0.25, 0.3) is 5.91 Å². The molecule has 2 aromatic carbocycles. The summed E-state index contributed by atoms with van der Waals surface area (Å²) < 4.78 is 45.7. The van der Waals surface area contributed by atoms with E-state index < -0.39 is 17.8 Å². The fraction of sp³-hybridized carbons (Fsp3) is 0.261. The van der Waals surface area contributed by atoms with Crippen LogP contribution in [0.4, 0.5) is 13.2 Å². The van der Waals surface area contributed by atoms with Crippen molar-refractivity contribution in [2.45, 2.75) is 32.0 Å². The average Bonchev–Trinajstić information content (AvgIpc) is 3.59. The van der Waals surface area contributed by atoms with Crippen molar-refractivity contribution in [1.82, 2.24) is 30.0 Å². The van der Waals surface area contributed by atoms with E-state index in [1.807, 2.05) is 13.0 Å². The molecule has 5 rings (SSSR count). The van der Waals surface area contributed by atoms with Crippen LogP contribution in [0.3, 0.4) is 0 Å². The second-order valence-corrected chi connectivity index (χ2v) is 8.00. The van der Waals surface area contributed by atoms with Gasteiger partial charge in [0.2, 0.25) is 11.7 Å². The van der Waals surface area contributed by atoms with Crippen LogP contribution in [0.2, 0.25) is 0 Å². The SMILES string of the molecule is Cc1ccc(-n2nccn2)c(C(=O)N2CCC[C@H]2c2nc(-c3ccccc3C(F)(F)F)no2)c1. The van der Waals surface area contributed by atoms with Crippen molar-refractivity contribution in [3.8, 4) is 17.1 Å². The van der Waals surface area contributed by atoms with Crippen molar-refractivity contribution in [2.75, 3.05) is 6.54 Å². The van der Waals surface area contributed by atoms with Crippen LogP contribution in [0.25, 0.3) is 17.1 Å². The lowest BCUT2D eigenvalue weighted by Crippen LogP contribution is -2.31. The van der Waals surface area contributed by atoms with E-state index in [9.17, 15) is 18.0 Å². The van der Waals surface area contributed by atoms with Gasteiger partial charge in [0, 0.05) is 12.1 Å². The van der Waals surface area contributed by atoms with Crippen LogP contribution in [-0.2, 0) is 6.18 Å². The molecule has 1 amide bonds.